The number of likely N-dealkylation sites (tertiary alicyclic amines) is 1. The monoisotopic (exact) mass is 475 g/mol. The molecule has 1 N–H and O–H groups in total. The lowest BCUT2D eigenvalue weighted by molar-refractivity contribution is -0.152. The first kappa shape index (κ1) is 24.1. The molecule has 0 spiro atoms. The van der Waals surface area contributed by atoms with E-state index in [-0.39, 0.29) is 30.1 Å². The van der Waals surface area contributed by atoms with Gasteiger partial charge in [0.2, 0.25) is 0 Å². The van der Waals surface area contributed by atoms with Crippen LogP contribution < -0.4 is 5.32 Å². The van der Waals surface area contributed by atoms with Crippen LogP contribution in [0.5, 0.6) is 0 Å². The van der Waals surface area contributed by atoms with Crippen LogP contribution in [0.25, 0.3) is 0 Å². The van der Waals surface area contributed by atoms with Crippen molar-refractivity contribution in [3.05, 3.63) is 64.5 Å². The van der Waals surface area contributed by atoms with Crippen LogP contribution in [0.2, 0.25) is 0 Å². The molecule has 3 amide bonds. The van der Waals surface area contributed by atoms with Gasteiger partial charge >= 0.3 is 6.03 Å². The number of hydrogen-bond donors (Lipinski definition) is 1. The van der Waals surface area contributed by atoms with Crippen LogP contribution in [-0.4, -0.2) is 47.5 Å². The summed E-state index contributed by atoms with van der Waals surface area (Å²) in [6.07, 6.45) is 1.67. The molecule has 2 aromatic carbocycles. The summed E-state index contributed by atoms with van der Waals surface area (Å²) in [6, 6.07) is 7.94. The number of fused-ring (bicyclic) bond motifs is 1. The number of nitrogens with zero attached hydrogens (tertiary/aromatic N) is 2. The van der Waals surface area contributed by atoms with Gasteiger partial charge in [-0.2, -0.15) is 0 Å². The average molecular weight is 476 g/mol. The number of halogens is 3. The zero-order valence-electron chi connectivity index (χ0n) is 19.5. The molecule has 0 saturated carbocycles. The highest BCUT2D eigenvalue weighted by Gasteiger charge is 2.34. The third-order valence-corrected chi connectivity index (χ3v) is 6.79. The highest BCUT2D eigenvalue weighted by atomic mass is 19.2. The lowest BCUT2D eigenvalue weighted by Crippen LogP contribution is -2.49. The maximum absolute atomic E-state index is 14.0. The molecule has 1 fully saturated rings. The third-order valence-electron chi connectivity index (χ3n) is 6.79. The maximum atomic E-state index is 14.0. The molecule has 0 radical (unpaired) electrons. The van der Waals surface area contributed by atoms with Crippen molar-refractivity contribution >= 4 is 17.6 Å². The van der Waals surface area contributed by atoms with E-state index in [1.165, 1.54) is 12.0 Å². The number of benzene rings is 2. The first-order chi connectivity index (χ1) is 16.1. The van der Waals surface area contributed by atoms with Gasteiger partial charge in [0.1, 0.15) is 5.60 Å². The van der Waals surface area contributed by atoms with Crippen LogP contribution in [-0.2, 0) is 22.6 Å². The molecule has 6 nitrogen and oxygen atoms in total. The van der Waals surface area contributed by atoms with Gasteiger partial charge < -0.3 is 19.9 Å². The summed E-state index contributed by atoms with van der Waals surface area (Å²) >= 11 is 0. The summed E-state index contributed by atoms with van der Waals surface area (Å²) in [5.74, 6) is -3.73. The van der Waals surface area contributed by atoms with E-state index in [4.69, 9.17) is 4.74 Å². The number of anilines is 1. The molecule has 0 unspecified atom stereocenters. The minimum absolute atomic E-state index is 0.00288. The molecule has 34 heavy (non-hydrogen) atoms. The number of carbonyl (C=O) groups excluding carboxylic acids is 2. The van der Waals surface area contributed by atoms with Crippen LogP contribution in [0.15, 0.2) is 30.3 Å². The molecule has 4 rings (SSSR count). The highest BCUT2D eigenvalue weighted by Crippen LogP contribution is 2.31. The number of ether oxygens (including phenoxy) is 1. The minimum atomic E-state index is -1.52. The molecule has 1 saturated heterocycles. The molecule has 2 aromatic rings. The quantitative estimate of drug-likeness (QED) is 0.648. The lowest BCUT2D eigenvalue weighted by atomic mass is 9.88. The number of hydrogen-bond acceptors (Lipinski definition) is 3. The van der Waals surface area contributed by atoms with Gasteiger partial charge in [0, 0.05) is 38.0 Å². The fourth-order valence-electron chi connectivity index (χ4n) is 4.51. The first-order valence-corrected chi connectivity index (χ1v) is 11.3. The minimum Gasteiger partial charge on any atom is -0.369 e. The van der Waals surface area contributed by atoms with Crippen molar-refractivity contribution in [3.63, 3.8) is 0 Å². The van der Waals surface area contributed by atoms with Crippen LogP contribution in [0, 0.1) is 17.5 Å². The largest absolute Gasteiger partial charge is 0.369 e. The van der Waals surface area contributed by atoms with Gasteiger partial charge in [0.25, 0.3) is 5.91 Å². The standard InChI is InChI=1S/C25H28F3N3O3/c1-25(2,34-3)23(32)30-10-8-16(9-11-30)15-4-6-18(7-5-15)29-24(33)31-13-17-12-20(26)22(28)21(27)19(17)14-31/h4-7,12,16H,8-11,13-14H2,1-3H3,(H,29,33). The average Bonchev–Trinajstić information content (AvgIpc) is 3.27. The smallest absolute Gasteiger partial charge is 0.322 e. The predicted octanol–water partition coefficient (Wildman–Crippen LogP) is 4.78. The Kier molecular flexibility index (Phi) is 6.58. The number of carbonyl (C=O) groups is 2. The molecule has 0 aliphatic carbocycles. The van der Waals surface area contributed by atoms with E-state index in [9.17, 15) is 22.8 Å². The fraction of sp³-hybridized carbons (Fsp3) is 0.440. The second-order valence-electron chi connectivity index (χ2n) is 9.31. The van der Waals surface area contributed by atoms with Gasteiger partial charge in [0.05, 0.1) is 6.54 Å². The van der Waals surface area contributed by atoms with Crippen LogP contribution >= 0.6 is 0 Å². The second kappa shape index (κ2) is 9.29. The fourth-order valence-corrected chi connectivity index (χ4v) is 4.51. The molecule has 182 valence electrons. The summed E-state index contributed by atoms with van der Waals surface area (Å²) in [4.78, 5) is 28.3. The van der Waals surface area contributed by atoms with Crippen LogP contribution in [0.4, 0.5) is 23.7 Å². The molecule has 2 aliphatic rings. The SMILES string of the molecule is COC(C)(C)C(=O)N1CCC(c2ccc(NC(=O)N3Cc4cc(F)c(F)c(F)c4C3)cc2)CC1. The van der Waals surface area contributed by atoms with Gasteiger partial charge in [-0.15, -0.1) is 0 Å². The van der Waals surface area contributed by atoms with Gasteiger partial charge in [-0.25, -0.2) is 18.0 Å². The number of nitrogens with one attached hydrogen (secondary N) is 1. The van der Waals surface area contributed by atoms with E-state index >= 15 is 0 Å². The summed E-state index contributed by atoms with van der Waals surface area (Å²) < 4.78 is 46.3. The zero-order chi connectivity index (χ0) is 24.6. The predicted molar refractivity (Wildman–Crippen MR) is 121 cm³/mol. The van der Waals surface area contributed by atoms with Crippen LogP contribution in [0.1, 0.15) is 49.3 Å². The number of amides is 3. The van der Waals surface area contributed by atoms with E-state index in [1.54, 1.807) is 26.0 Å². The van der Waals surface area contributed by atoms with Crippen LogP contribution in [0.3, 0.4) is 0 Å². The summed E-state index contributed by atoms with van der Waals surface area (Å²) in [6.45, 7) is 4.72. The Morgan fingerprint density at radius 1 is 1.00 bits per heavy atom. The molecule has 9 heteroatoms. The van der Waals surface area contributed by atoms with E-state index in [1.807, 2.05) is 17.0 Å². The number of piperidine rings is 1. The van der Waals surface area contributed by atoms with Crippen molar-refractivity contribution < 1.29 is 27.5 Å². The van der Waals surface area contributed by atoms with Gasteiger partial charge in [0.15, 0.2) is 17.5 Å². The summed E-state index contributed by atoms with van der Waals surface area (Å²) in [5.41, 5.74) is 1.12. The Hall–Kier alpha value is -3.07. The van der Waals surface area contributed by atoms with Crippen molar-refractivity contribution in [3.8, 4) is 0 Å². The molecule has 0 bridgehead atoms. The number of urea groups is 1. The Balaban J connectivity index is 1.33. The summed E-state index contributed by atoms with van der Waals surface area (Å²) in [7, 11) is 1.53. The first-order valence-electron chi connectivity index (χ1n) is 11.3. The lowest BCUT2D eigenvalue weighted by Gasteiger charge is -2.36. The van der Waals surface area contributed by atoms with E-state index in [0.717, 1.165) is 24.5 Å². The van der Waals surface area contributed by atoms with Crippen molar-refractivity contribution in [2.24, 2.45) is 0 Å². The number of rotatable bonds is 4. The second-order valence-corrected chi connectivity index (χ2v) is 9.31. The molecular weight excluding hydrogens is 447 g/mol. The maximum Gasteiger partial charge on any atom is 0.322 e. The van der Waals surface area contributed by atoms with Crippen molar-refractivity contribution in [1.82, 2.24) is 9.80 Å². The van der Waals surface area contributed by atoms with Crippen molar-refractivity contribution in [1.29, 1.82) is 0 Å². The number of methoxy groups -OCH3 is 1. The topological polar surface area (TPSA) is 61.9 Å². The zero-order valence-corrected chi connectivity index (χ0v) is 19.5. The molecule has 0 atom stereocenters. The van der Waals surface area contributed by atoms with E-state index < -0.39 is 29.1 Å². The molecule has 2 heterocycles. The molecular formula is C25H28F3N3O3. The third kappa shape index (κ3) is 4.61. The Labute approximate surface area is 196 Å². The normalized spacial score (nSPS) is 16.5. The molecule has 0 aromatic heterocycles. The summed E-state index contributed by atoms with van der Waals surface area (Å²) in [5, 5.41) is 2.75. The Bertz CT molecular complexity index is 1100. The van der Waals surface area contributed by atoms with E-state index in [2.05, 4.69) is 5.32 Å². The van der Waals surface area contributed by atoms with E-state index in [0.29, 0.717) is 24.7 Å². The van der Waals surface area contributed by atoms with Crippen molar-refractivity contribution in [2.45, 2.75) is 51.3 Å². The highest BCUT2D eigenvalue weighted by molar-refractivity contribution is 5.89. The van der Waals surface area contributed by atoms with Gasteiger partial charge in [-0.05, 0) is 61.9 Å². The van der Waals surface area contributed by atoms with Gasteiger partial charge in [-0.3, -0.25) is 4.79 Å². The Morgan fingerprint density at radius 3 is 2.26 bits per heavy atom. The molecule has 2 aliphatic heterocycles. The Morgan fingerprint density at radius 2 is 1.65 bits per heavy atom. The van der Waals surface area contributed by atoms with Gasteiger partial charge in [-0.1, -0.05) is 12.1 Å². The van der Waals surface area contributed by atoms with Crippen molar-refractivity contribution in [2.75, 3.05) is 25.5 Å².